The Labute approximate surface area is 376 Å². The molecule has 8 rings (SSSR count). The highest BCUT2D eigenvalue weighted by molar-refractivity contribution is 6.33. The highest BCUT2D eigenvalue weighted by atomic mass is 35.5. The van der Waals surface area contributed by atoms with E-state index in [0.717, 1.165) is 88.7 Å². The first-order valence-electron chi connectivity index (χ1n) is 22.1. The second-order valence-electron chi connectivity index (χ2n) is 17.9. The van der Waals surface area contributed by atoms with Crippen LogP contribution in [0.5, 0.6) is 5.75 Å². The van der Waals surface area contributed by atoms with E-state index in [1.165, 1.54) is 25.1 Å². The van der Waals surface area contributed by atoms with Gasteiger partial charge in [-0.2, -0.15) is 4.98 Å². The van der Waals surface area contributed by atoms with E-state index in [1.54, 1.807) is 22.9 Å². The number of rotatable bonds is 15. The molecule has 0 bridgehead atoms. The van der Waals surface area contributed by atoms with E-state index in [1.807, 2.05) is 32.0 Å². The van der Waals surface area contributed by atoms with Crippen molar-refractivity contribution in [3.05, 3.63) is 74.9 Å². The second kappa shape index (κ2) is 18.7. The summed E-state index contributed by atoms with van der Waals surface area (Å²) < 4.78 is 22.8. The van der Waals surface area contributed by atoms with E-state index < -0.39 is 11.9 Å². The highest BCUT2D eigenvalue weighted by Crippen LogP contribution is 2.45. The van der Waals surface area contributed by atoms with Crippen molar-refractivity contribution in [1.82, 2.24) is 35.0 Å². The fourth-order valence-corrected chi connectivity index (χ4v) is 9.90. The summed E-state index contributed by atoms with van der Waals surface area (Å²) in [6, 6.07) is 9.43. The summed E-state index contributed by atoms with van der Waals surface area (Å²) in [5.74, 6) is 0.212. The van der Waals surface area contributed by atoms with Gasteiger partial charge < -0.3 is 49.6 Å². The predicted octanol–water partition coefficient (Wildman–Crippen LogP) is 4.90. The molecule has 4 aliphatic heterocycles. The number of hydrogen-bond acceptors (Lipinski definition) is 12. The van der Waals surface area contributed by atoms with Gasteiger partial charge in [-0.3, -0.25) is 19.2 Å². The Morgan fingerprint density at radius 3 is 2.45 bits per heavy atom. The Bertz CT molecular complexity index is 2500. The van der Waals surface area contributed by atoms with Crippen LogP contribution in [0.2, 0.25) is 5.02 Å². The molecular formula is C46H56ClFN10O6. The minimum Gasteiger partial charge on any atom is -0.478 e. The van der Waals surface area contributed by atoms with Crippen molar-refractivity contribution in [2.45, 2.75) is 71.0 Å². The van der Waals surface area contributed by atoms with Crippen molar-refractivity contribution < 1.29 is 28.3 Å². The van der Waals surface area contributed by atoms with Crippen LogP contribution in [0.25, 0.3) is 10.9 Å². The van der Waals surface area contributed by atoms with Gasteiger partial charge in [-0.25, -0.2) is 9.37 Å². The number of aromatic nitrogens is 3. The van der Waals surface area contributed by atoms with Crippen LogP contribution in [0.1, 0.15) is 74.3 Å². The van der Waals surface area contributed by atoms with Crippen LogP contribution in [-0.4, -0.2) is 121 Å². The summed E-state index contributed by atoms with van der Waals surface area (Å²) in [4.78, 5) is 79.7. The van der Waals surface area contributed by atoms with Gasteiger partial charge in [0.1, 0.15) is 23.2 Å². The van der Waals surface area contributed by atoms with E-state index in [0.29, 0.717) is 39.6 Å². The molecule has 0 aliphatic carbocycles. The minimum atomic E-state index is -0.791. The van der Waals surface area contributed by atoms with Crippen LogP contribution in [0.3, 0.4) is 0 Å². The third-order valence-electron chi connectivity index (χ3n) is 13.4. The number of benzene rings is 2. The second-order valence-corrected chi connectivity index (χ2v) is 18.3. The number of amides is 3. The highest BCUT2D eigenvalue weighted by Gasteiger charge is 2.46. The number of pyridine rings is 1. The van der Waals surface area contributed by atoms with Crippen molar-refractivity contribution in [3.63, 3.8) is 0 Å². The van der Waals surface area contributed by atoms with Gasteiger partial charge in [0.15, 0.2) is 18.2 Å². The molecule has 3 amide bonds. The fourth-order valence-electron chi connectivity index (χ4n) is 9.77. The molecule has 0 saturated carbocycles. The first-order valence-corrected chi connectivity index (χ1v) is 22.5. The zero-order valence-corrected chi connectivity index (χ0v) is 37.5. The number of anilines is 4. The van der Waals surface area contributed by atoms with Gasteiger partial charge in [-0.05, 0) is 107 Å². The maximum Gasteiger partial charge on any atom is 0.293 e. The Morgan fingerprint density at radius 1 is 1.02 bits per heavy atom. The van der Waals surface area contributed by atoms with Gasteiger partial charge in [0.25, 0.3) is 17.4 Å². The zero-order chi connectivity index (χ0) is 45.3. The number of hydrogen-bond donors (Lipinski definition) is 3. The Morgan fingerprint density at radius 2 is 1.77 bits per heavy atom. The van der Waals surface area contributed by atoms with E-state index in [-0.39, 0.29) is 72.0 Å². The third-order valence-corrected chi connectivity index (χ3v) is 13.6. The molecule has 6 heterocycles. The molecule has 3 N–H and O–H groups in total. The van der Waals surface area contributed by atoms with Crippen LogP contribution >= 0.6 is 11.6 Å². The number of likely N-dealkylation sites (N-methyl/N-ethyl adjacent to an activating group) is 2. The standard InChI is InChI=1S/C46H56ClFN10O6/c1-28(2)58-36-8-7-32(18-30(36)20-39(44(58)63)64-25-40(60)49-3)52-41-34(47)22-51-45(53-41)55-13-9-29(10-14-55)23-54-15-11-46(12-16-54)26-56(27-46)38-19-31-24-57(43(62)33(31)21-35(38)48)37(6-5-17-59)42(61)50-4/h7-8,17-22,28-29,37H,5-6,9-16,23-27H2,1-4H3,(H,49,60)(H,50,61)(H,51,52,53). The third kappa shape index (κ3) is 9.09. The first kappa shape index (κ1) is 44.8. The molecule has 3 saturated heterocycles. The molecule has 2 aromatic carbocycles. The lowest BCUT2D eigenvalue weighted by molar-refractivity contribution is -0.125. The zero-order valence-electron chi connectivity index (χ0n) is 36.8. The molecule has 1 spiro atoms. The number of carbonyl (C=O) groups is 4. The van der Waals surface area contributed by atoms with Crippen LogP contribution in [0.15, 0.2) is 47.4 Å². The maximum absolute atomic E-state index is 15.5. The lowest BCUT2D eigenvalue weighted by Gasteiger charge is -2.55. The SMILES string of the molecule is CNC(=O)COc1cc2cc(Nc3nc(N4CCC(CN5CCC6(CC5)CN(c5cc7c(cc5F)C(=O)N(C(CCC=O)C(=O)NC)C7)C6)CC4)ncc3Cl)ccc2n(C(C)C)c1=O. The number of ether oxygens (including phenoxy) is 1. The number of fused-ring (bicyclic) bond motifs is 2. The summed E-state index contributed by atoms with van der Waals surface area (Å²) in [5.41, 5.74) is 2.75. The first-order chi connectivity index (χ1) is 30.8. The smallest absolute Gasteiger partial charge is 0.293 e. The molecule has 4 aliphatic rings. The van der Waals surface area contributed by atoms with Crippen LogP contribution in [-0.2, 0) is 20.9 Å². The van der Waals surface area contributed by atoms with Crippen LogP contribution in [0.4, 0.5) is 27.5 Å². The quantitative estimate of drug-likeness (QED) is 0.138. The minimum absolute atomic E-state index is 0.0889. The summed E-state index contributed by atoms with van der Waals surface area (Å²) >= 11 is 6.61. The van der Waals surface area contributed by atoms with Crippen molar-refractivity contribution in [3.8, 4) is 5.75 Å². The number of likely N-dealkylation sites (tertiary alicyclic amines) is 1. The number of nitrogens with zero attached hydrogens (tertiary/aromatic N) is 7. The maximum atomic E-state index is 15.5. The van der Waals surface area contributed by atoms with Crippen molar-refractivity contribution in [2.24, 2.45) is 11.3 Å². The molecule has 1 atom stereocenters. The number of nitrogens with one attached hydrogen (secondary N) is 3. The molecule has 2 aromatic heterocycles. The van der Waals surface area contributed by atoms with Crippen molar-refractivity contribution in [1.29, 1.82) is 0 Å². The van der Waals surface area contributed by atoms with Gasteiger partial charge in [0.05, 0.1) is 17.4 Å². The van der Waals surface area contributed by atoms with Crippen molar-refractivity contribution in [2.75, 3.05) is 81.6 Å². The monoisotopic (exact) mass is 898 g/mol. The predicted molar refractivity (Wildman–Crippen MR) is 243 cm³/mol. The van der Waals surface area contributed by atoms with E-state index in [4.69, 9.17) is 21.3 Å². The molecule has 3 fully saturated rings. The number of halogens is 2. The van der Waals surface area contributed by atoms with Crippen molar-refractivity contribution >= 4 is 69.7 Å². The number of piperidine rings is 2. The van der Waals surface area contributed by atoms with Gasteiger partial charge in [-0.15, -0.1) is 0 Å². The largest absolute Gasteiger partial charge is 0.478 e. The lowest BCUT2D eigenvalue weighted by Crippen LogP contribution is -2.61. The van der Waals surface area contributed by atoms with E-state index >= 15 is 4.39 Å². The molecular weight excluding hydrogens is 843 g/mol. The summed E-state index contributed by atoms with van der Waals surface area (Å²) in [6.45, 7) is 9.97. The molecule has 18 heteroatoms. The normalized spacial score (nSPS) is 18.0. The number of carbonyl (C=O) groups excluding carboxylic acids is 4. The summed E-state index contributed by atoms with van der Waals surface area (Å²) in [7, 11) is 3.01. The van der Waals surface area contributed by atoms with E-state index in [2.05, 4.69) is 35.6 Å². The summed E-state index contributed by atoms with van der Waals surface area (Å²) in [6.07, 6.45) is 6.82. The lowest BCUT2D eigenvalue weighted by atomic mass is 9.71. The Hall–Kier alpha value is -5.81. The topological polar surface area (TPSA) is 174 Å². The molecule has 0 radical (unpaired) electrons. The van der Waals surface area contributed by atoms with E-state index in [9.17, 15) is 24.0 Å². The Balaban J connectivity index is 0.831. The van der Waals surface area contributed by atoms with Gasteiger partial charge in [-0.1, -0.05) is 11.6 Å². The molecule has 16 nitrogen and oxygen atoms in total. The average molecular weight is 899 g/mol. The van der Waals surface area contributed by atoms with Gasteiger partial charge >= 0.3 is 0 Å². The molecule has 4 aromatic rings. The van der Waals surface area contributed by atoms with Gasteiger partial charge in [0.2, 0.25) is 11.9 Å². The van der Waals surface area contributed by atoms with Gasteiger partial charge in [0, 0.05) is 87.9 Å². The molecule has 64 heavy (non-hydrogen) atoms. The van der Waals surface area contributed by atoms with Crippen LogP contribution in [0, 0.1) is 17.2 Å². The van der Waals surface area contributed by atoms with Crippen LogP contribution < -0.4 is 36.0 Å². The number of aldehydes is 1. The fraction of sp³-hybridized carbons (Fsp3) is 0.500. The average Bonchev–Trinajstić information content (AvgIpc) is 3.59. The molecule has 1 unspecified atom stereocenters. The molecule has 340 valence electrons. The summed E-state index contributed by atoms with van der Waals surface area (Å²) in [5, 5.41) is 9.55. The Kier molecular flexibility index (Phi) is 13.1.